The third-order valence-corrected chi connectivity index (χ3v) is 4.81. The van der Waals surface area contributed by atoms with E-state index in [0.29, 0.717) is 29.6 Å². The van der Waals surface area contributed by atoms with E-state index in [1.165, 1.54) is 6.07 Å². The third kappa shape index (κ3) is 2.65. The maximum absolute atomic E-state index is 14.0. The van der Waals surface area contributed by atoms with E-state index in [1.807, 2.05) is 32.0 Å². The van der Waals surface area contributed by atoms with Crippen molar-refractivity contribution in [2.24, 2.45) is 0 Å². The molecule has 2 heterocycles. The number of aromatic nitrogens is 1. The zero-order valence-electron chi connectivity index (χ0n) is 14.7. The van der Waals surface area contributed by atoms with E-state index in [9.17, 15) is 9.18 Å². The van der Waals surface area contributed by atoms with Gasteiger partial charge in [0, 0.05) is 23.0 Å². The number of amides is 1. The Morgan fingerprint density at radius 1 is 1.19 bits per heavy atom. The number of aryl methyl sites for hydroxylation is 2. The van der Waals surface area contributed by atoms with Gasteiger partial charge in [-0.2, -0.15) is 0 Å². The van der Waals surface area contributed by atoms with E-state index >= 15 is 0 Å². The molecular weight excluding hydrogens is 331 g/mol. The zero-order valence-corrected chi connectivity index (χ0v) is 14.7. The van der Waals surface area contributed by atoms with Crippen LogP contribution in [0.1, 0.15) is 27.2 Å². The monoisotopic (exact) mass is 350 g/mol. The fourth-order valence-corrected chi connectivity index (χ4v) is 3.52. The summed E-state index contributed by atoms with van der Waals surface area (Å²) in [4.78, 5) is 15.6. The van der Waals surface area contributed by atoms with Crippen LogP contribution in [0.3, 0.4) is 0 Å². The highest BCUT2D eigenvalue weighted by Gasteiger charge is 2.15. The molecule has 26 heavy (non-hydrogen) atoms. The fourth-order valence-electron chi connectivity index (χ4n) is 3.52. The molecule has 0 unspecified atom stereocenters. The van der Waals surface area contributed by atoms with Gasteiger partial charge in [0.15, 0.2) is 0 Å². The number of H-pyrrole nitrogens is 1. The molecule has 0 spiro atoms. The number of nitrogens with one attached hydrogen (secondary N) is 2. The number of rotatable bonds is 4. The number of halogens is 1. The Balaban J connectivity index is 1.54. The van der Waals surface area contributed by atoms with Gasteiger partial charge in [0.05, 0.1) is 17.3 Å². The molecule has 2 N–H and O–H groups in total. The Morgan fingerprint density at radius 3 is 2.88 bits per heavy atom. The average Bonchev–Trinajstić information content (AvgIpc) is 3.23. The van der Waals surface area contributed by atoms with Gasteiger partial charge in [-0.15, -0.1) is 0 Å². The van der Waals surface area contributed by atoms with Crippen LogP contribution in [0.15, 0.2) is 47.1 Å². The minimum absolute atomic E-state index is 0.175. The van der Waals surface area contributed by atoms with E-state index in [0.717, 1.165) is 27.6 Å². The van der Waals surface area contributed by atoms with Gasteiger partial charge in [0.1, 0.15) is 11.4 Å². The normalized spacial score (nSPS) is 11.3. The predicted molar refractivity (Wildman–Crippen MR) is 100.0 cm³/mol. The van der Waals surface area contributed by atoms with Crippen molar-refractivity contribution in [3.8, 4) is 0 Å². The first-order valence-electron chi connectivity index (χ1n) is 8.57. The van der Waals surface area contributed by atoms with E-state index in [-0.39, 0.29) is 11.7 Å². The Morgan fingerprint density at radius 2 is 2.04 bits per heavy atom. The molecule has 4 nitrogen and oxygen atoms in total. The van der Waals surface area contributed by atoms with Gasteiger partial charge in [-0.25, -0.2) is 4.39 Å². The van der Waals surface area contributed by atoms with Gasteiger partial charge < -0.3 is 14.7 Å². The lowest BCUT2D eigenvalue weighted by Crippen LogP contribution is -2.25. The first-order chi connectivity index (χ1) is 12.6. The summed E-state index contributed by atoms with van der Waals surface area (Å²) in [6.45, 7) is 4.36. The molecule has 0 saturated carbocycles. The highest BCUT2D eigenvalue weighted by molar-refractivity contribution is 6.04. The van der Waals surface area contributed by atoms with Gasteiger partial charge in [0.2, 0.25) is 0 Å². The second-order valence-corrected chi connectivity index (χ2v) is 6.49. The largest absolute Gasteiger partial charge is 0.464 e. The lowest BCUT2D eigenvalue weighted by Gasteiger charge is -2.07. The summed E-state index contributed by atoms with van der Waals surface area (Å²) in [5.41, 5.74) is 4.62. The first kappa shape index (κ1) is 16.4. The van der Waals surface area contributed by atoms with E-state index in [4.69, 9.17) is 4.42 Å². The molecular formula is C21H19FN2O2. The number of carbonyl (C=O) groups is 1. The number of fused-ring (bicyclic) bond motifs is 2. The summed E-state index contributed by atoms with van der Waals surface area (Å²) in [6, 6.07) is 10.6. The molecule has 0 radical (unpaired) electrons. The summed E-state index contributed by atoms with van der Waals surface area (Å²) in [7, 11) is 0. The van der Waals surface area contributed by atoms with Crippen LogP contribution < -0.4 is 5.32 Å². The van der Waals surface area contributed by atoms with Crippen LogP contribution >= 0.6 is 0 Å². The molecule has 0 saturated heterocycles. The number of carbonyl (C=O) groups excluding carboxylic acids is 1. The first-order valence-corrected chi connectivity index (χ1v) is 8.57. The van der Waals surface area contributed by atoms with Gasteiger partial charge in [-0.05, 0) is 49.6 Å². The smallest absolute Gasteiger partial charge is 0.255 e. The topological polar surface area (TPSA) is 58.0 Å². The Labute approximate surface area is 150 Å². The van der Waals surface area contributed by atoms with Crippen LogP contribution in [0.25, 0.3) is 21.9 Å². The van der Waals surface area contributed by atoms with Crippen molar-refractivity contribution in [1.82, 2.24) is 10.3 Å². The summed E-state index contributed by atoms with van der Waals surface area (Å²) < 4.78 is 19.5. The number of aromatic amines is 1. The lowest BCUT2D eigenvalue weighted by molar-refractivity contribution is 0.0955. The second-order valence-electron chi connectivity index (χ2n) is 6.49. The van der Waals surface area contributed by atoms with E-state index in [2.05, 4.69) is 10.3 Å². The van der Waals surface area contributed by atoms with Gasteiger partial charge in [0.25, 0.3) is 5.91 Å². The van der Waals surface area contributed by atoms with Crippen LogP contribution in [0, 0.1) is 19.7 Å². The summed E-state index contributed by atoms with van der Waals surface area (Å²) in [5, 5.41) is 4.75. The molecule has 132 valence electrons. The number of hydrogen-bond donors (Lipinski definition) is 2. The Hall–Kier alpha value is -3.08. The molecule has 2 aromatic heterocycles. The van der Waals surface area contributed by atoms with Crippen molar-refractivity contribution >= 4 is 27.8 Å². The zero-order chi connectivity index (χ0) is 18.3. The predicted octanol–water partition coefficient (Wildman–Crippen LogP) is 4.64. The molecule has 0 aliphatic heterocycles. The van der Waals surface area contributed by atoms with Crippen LogP contribution in [-0.4, -0.2) is 17.4 Å². The van der Waals surface area contributed by atoms with Crippen molar-refractivity contribution in [1.29, 1.82) is 0 Å². The molecule has 0 aliphatic rings. The molecule has 4 aromatic rings. The standard InChI is InChI=1S/C21H19FN2O2/c1-12-6-7-17(22)19-18(12)15(13(2)24-19)8-10-23-21(25)16-5-3-4-14-9-11-26-20(14)16/h3-7,9,11,24H,8,10H2,1-2H3,(H,23,25). The van der Waals surface area contributed by atoms with Crippen LogP contribution in [0.5, 0.6) is 0 Å². The Kier molecular flexibility index (Phi) is 3.99. The van der Waals surface area contributed by atoms with Crippen molar-refractivity contribution in [2.45, 2.75) is 20.3 Å². The molecule has 5 heteroatoms. The molecule has 4 rings (SSSR count). The number of hydrogen-bond acceptors (Lipinski definition) is 2. The summed E-state index contributed by atoms with van der Waals surface area (Å²) in [5.74, 6) is -0.431. The van der Waals surface area contributed by atoms with Crippen molar-refractivity contribution in [3.05, 3.63) is 70.9 Å². The number of para-hydroxylation sites is 1. The lowest BCUT2D eigenvalue weighted by atomic mass is 10.0. The van der Waals surface area contributed by atoms with Gasteiger partial charge in [-0.3, -0.25) is 4.79 Å². The molecule has 1 amide bonds. The SMILES string of the molecule is Cc1[nH]c2c(F)ccc(C)c2c1CCNC(=O)c1cccc2ccoc12. The molecule has 0 bridgehead atoms. The quantitative estimate of drug-likeness (QED) is 0.563. The summed E-state index contributed by atoms with van der Waals surface area (Å²) >= 11 is 0. The summed E-state index contributed by atoms with van der Waals surface area (Å²) in [6.07, 6.45) is 2.20. The maximum Gasteiger partial charge on any atom is 0.255 e. The van der Waals surface area contributed by atoms with Crippen LogP contribution in [-0.2, 0) is 6.42 Å². The van der Waals surface area contributed by atoms with Crippen LogP contribution in [0.4, 0.5) is 4.39 Å². The number of furan rings is 1. The van der Waals surface area contributed by atoms with Gasteiger partial charge in [-0.1, -0.05) is 18.2 Å². The highest BCUT2D eigenvalue weighted by Crippen LogP contribution is 2.28. The molecule has 2 aromatic carbocycles. The minimum Gasteiger partial charge on any atom is -0.464 e. The van der Waals surface area contributed by atoms with Gasteiger partial charge >= 0.3 is 0 Å². The second kappa shape index (κ2) is 6.33. The van der Waals surface area contributed by atoms with Crippen molar-refractivity contribution in [3.63, 3.8) is 0 Å². The fraction of sp³-hybridized carbons (Fsp3) is 0.190. The Bertz CT molecular complexity index is 1120. The third-order valence-electron chi connectivity index (χ3n) is 4.81. The maximum atomic E-state index is 14.0. The van der Waals surface area contributed by atoms with Crippen molar-refractivity contribution in [2.75, 3.05) is 6.54 Å². The van der Waals surface area contributed by atoms with E-state index < -0.39 is 0 Å². The number of benzene rings is 2. The highest BCUT2D eigenvalue weighted by atomic mass is 19.1. The molecule has 0 atom stereocenters. The minimum atomic E-state index is -0.256. The van der Waals surface area contributed by atoms with Crippen molar-refractivity contribution < 1.29 is 13.6 Å². The molecule has 0 fully saturated rings. The molecule has 0 aliphatic carbocycles. The van der Waals surface area contributed by atoms with E-state index in [1.54, 1.807) is 18.4 Å². The average molecular weight is 350 g/mol. The van der Waals surface area contributed by atoms with Crippen LogP contribution in [0.2, 0.25) is 0 Å².